The zero-order chi connectivity index (χ0) is 15.4. The number of nitrogens with zero attached hydrogens (tertiary/aromatic N) is 4. The summed E-state index contributed by atoms with van der Waals surface area (Å²) in [5, 5.41) is 7.32. The molecule has 1 aliphatic heterocycles. The zero-order valence-corrected chi connectivity index (χ0v) is 11.7. The van der Waals surface area contributed by atoms with Gasteiger partial charge in [-0.25, -0.2) is 9.48 Å². The van der Waals surface area contributed by atoms with Gasteiger partial charge in [-0.1, -0.05) is 5.21 Å². The Hall–Kier alpha value is -2.45. The standard InChI is InChI=1S/C12H17N5O4/c1-21-12(20)9-6-17(15-14-9)7-10(18)16-4-2-3-8(5-16)11(13)19/h6,8H,2-5,7H2,1H3,(H2,13,19). The maximum atomic E-state index is 12.2. The van der Waals surface area contributed by atoms with Crippen molar-refractivity contribution >= 4 is 17.8 Å². The van der Waals surface area contributed by atoms with Crippen LogP contribution in [0.2, 0.25) is 0 Å². The van der Waals surface area contributed by atoms with Crippen LogP contribution in [0.3, 0.4) is 0 Å². The van der Waals surface area contributed by atoms with Gasteiger partial charge in [0, 0.05) is 13.1 Å². The van der Waals surface area contributed by atoms with E-state index in [4.69, 9.17) is 5.73 Å². The second-order valence-corrected chi connectivity index (χ2v) is 4.87. The molecule has 2 N–H and O–H groups in total. The van der Waals surface area contributed by atoms with Crippen molar-refractivity contribution in [3.05, 3.63) is 11.9 Å². The topological polar surface area (TPSA) is 120 Å². The lowest BCUT2D eigenvalue weighted by Gasteiger charge is -2.31. The molecule has 2 rings (SSSR count). The number of ether oxygens (including phenoxy) is 1. The summed E-state index contributed by atoms with van der Waals surface area (Å²) in [4.78, 5) is 36.2. The van der Waals surface area contributed by atoms with E-state index in [1.165, 1.54) is 18.0 Å². The molecule has 0 radical (unpaired) electrons. The molecule has 2 heterocycles. The molecule has 0 saturated carbocycles. The summed E-state index contributed by atoms with van der Waals surface area (Å²) in [6.45, 7) is 0.864. The summed E-state index contributed by atoms with van der Waals surface area (Å²) in [7, 11) is 1.24. The Bertz CT molecular complexity index is 556. The van der Waals surface area contributed by atoms with Gasteiger partial charge in [-0.05, 0) is 12.8 Å². The highest BCUT2D eigenvalue weighted by molar-refractivity contribution is 5.86. The van der Waals surface area contributed by atoms with Crippen molar-refractivity contribution in [2.75, 3.05) is 20.2 Å². The van der Waals surface area contributed by atoms with Crippen LogP contribution in [-0.2, 0) is 20.9 Å². The van der Waals surface area contributed by atoms with Crippen LogP contribution < -0.4 is 5.73 Å². The van der Waals surface area contributed by atoms with Crippen molar-refractivity contribution in [2.45, 2.75) is 19.4 Å². The first-order valence-electron chi connectivity index (χ1n) is 6.56. The molecular weight excluding hydrogens is 278 g/mol. The number of rotatable bonds is 4. The number of hydrogen-bond donors (Lipinski definition) is 1. The number of carbonyl (C=O) groups excluding carboxylic acids is 3. The zero-order valence-electron chi connectivity index (χ0n) is 11.7. The Kier molecular flexibility index (Phi) is 4.51. The Labute approximate surface area is 121 Å². The second kappa shape index (κ2) is 6.33. The third-order valence-electron chi connectivity index (χ3n) is 3.41. The molecule has 21 heavy (non-hydrogen) atoms. The summed E-state index contributed by atoms with van der Waals surface area (Å²) in [5.41, 5.74) is 5.32. The third kappa shape index (κ3) is 3.56. The number of amides is 2. The van der Waals surface area contributed by atoms with Crippen LogP contribution in [0, 0.1) is 5.92 Å². The van der Waals surface area contributed by atoms with Crippen molar-refractivity contribution in [3.8, 4) is 0 Å². The highest BCUT2D eigenvalue weighted by atomic mass is 16.5. The van der Waals surface area contributed by atoms with E-state index in [2.05, 4.69) is 15.0 Å². The fraction of sp³-hybridized carbons (Fsp3) is 0.583. The molecule has 1 fully saturated rings. The van der Waals surface area contributed by atoms with Crippen LogP contribution >= 0.6 is 0 Å². The van der Waals surface area contributed by atoms with E-state index < -0.39 is 5.97 Å². The lowest BCUT2D eigenvalue weighted by Crippen LogP contribution is -2.45. The number of piperidine rings is 1. The maximum absolute atomic E-state index is 12.2. The van der Waals surface area contributed by atoms with Crippen molar-refractivity contribution in [1.82, 2.24) is 19.9 Å². The van der Waals surface area contributed by atoms with Crippen LogP contribution in [0.4, 0.5) is 0 Å². The lowest BCUT2D eigenvalue weighted by molar-refractivity contribution is -0.135. The molecular formula is C12H17N5O4. The summed E-state index contributed by atoms with van der Waals surface area (Å²) in [5.74, 6) is -1.49. The number of carbonyl (C=O) groups is 3. The monoisotopic (exact) mass is 295 g/mol. The van der Waals surface area contributed by atoms with Crippen LogP contribution in [0.15, 0.2) is 6.20 Å². The highest BCUT2D eigenvalue weighted by Crippen LogP contribution is 2.16. The molecule has 2 amide bonds. The van der Waals surface area contributed by atoms with Gasteiger partial charge >= 0.3 is 5.97 Å². The first-order valence-corrected chi connectivity index (χ1v) is 6.56. The van der Waals surface area contributed by atoms with E-state index in [1.807, 2.05) is 0 Å². The summed E-state index contributed by atoms with van der Waals surface area (Å²) in [6, 6.07) is 0. The largest absolute Gasteiger partial charge is 0.464 e. The van der Waals surface area contributed by atoms with Gasteiger partial charge in [0.15, 0.2) is 5.69 Å². The van der Waals surface area contributed by atoms with Gasteiger partial charge < -0.3 is 15.4 Å². The first-order chi connectivity index (χ1) is 10.0. The van der Waals surface area contributed by atoms with Gasteiger partial charge in [0.25, 0.3) is 0 Å². The normalized spacial score (nSPS) is 18.3. The average molecular weight is 295 g/mol. The van der Waals surface area contributed by atoms with Gasteiger partial charge in [0.2, 0.25) is 11.8 Å². The van der Waals surface area contributed by atoms with Crippen molar-refractivity contribution < 1.29 is 19.1 Å². The van der Waals surface area contributed by atoms with Crippen LogP contribution in [-0.4, -0.2) is 57.9 Å². The minimum atomic E-state index is -0.611. The predicted octanol–water partition coefficient (Wildman–Crippen LogP) is -1.21. The van der Waals surface area contributed by atoms with E-state index in [0.29, 0.717) is 19.5 Å². The molecule has 1 saturated heterocycles. The molecule has 114 valence electrons. The van der Waals surface area contributed by atoms with E-state index in [1.54, 1.807) is 4.90 Å². The number of methoxy groups -OCH3 is 1. The van der Waals surface area contributed by atoms with Gasteiger partial charge in [0.05, 0.1) is 19.2 Å². The number of nitrogens with two attached hydrogens (primary N) is 1. The quantitative estimate of drug-likeness (QED) is 0.696. The summed E-state index contributed by atoms with van der Waals surface area (Å²) in [6.07, 6.45) is 2.79. The Balaban J connectivity index is 1.96. The average Bonchev–Trinajstić information content (AvgIpc) is 2.95. The number of esters is 1. The lowest BCUT2D eigenvalue weighted by atomic mass is 9.97. The Morgan fingerprint density at radius 1 is 1.48 bits per heavy atom. The minimum Gasteiger partial charge on any atom is -0.464 e. The smallest absolute Gasteiger partial charge is 0.360 e. The van der Waals surface area contributed by atoms with Crippen LogP contribution in [0.5, 0.6) is 0 Å². The molecule has 1 unspecified atom stereocenters. The molecule has 1 atom stereocenters. The SMILES string of the molecule is COC(=O)c1cn(CC(=O)N2CCCC(C(N)=O)C2)nn1. The maximum Gasteiger partial charge on any atom is 0.360 e. The Morgan fingerprint density at radius 2 is 2.24 bits per heavy atom. The summed E-state index contributed by atoms with van der Waals surface area (Å²) < 4.78 is 5.78. The molecule has 9 heteroatoms. The molecule has 0 bridgehead atoms. The fourth-order valence-electron chi connectivity index (χ4n) is 2.25. The minimum absolute atomic E-state index is 0.0407. The number of aromatic nitrogens is 3. The molecule has 0 aromatic carbocycles. The molecule has 0 aliphatic carbocycles. The second-order valence-electron chi connectivity index (χ2n) is 4.87. The molecule has 1 aromatic heterocycles. The van der Waals surface area contributed by atoms with Gasteiger partial charge in [-0.15, -0.1) is 5.10 Å². The molecule has 1 aromatic rings. The Morgan fingerprint density at radius 3 is 2.90 bits per heavy atom. The van der Waals surface area contributed by atoms with Crippen molar-refractivity contribution in [1.29, 1.82) is 0 Å². The van der Waals surface area contributed by atoms with E-state index in [9.17, 15) is 14.4 Å². The number of primary amides is 1. The highest BCUT2D eigenvalue weighted by Gasteiger charge is 2.27. The molecule has 9 nitrogen and oxygen atoms in total. The molecule has 0 spiro atoms. The third-order valence-corrected chi connectivity index (χ3v) is 3.41. The summed E-state index contributed by atoms with van der Waals surface area (Å²) >= 11 is 0. The van der Waals surface area contributed by atoms with Gasteiger partial charge in [0.1, 0.15) is 6.54 Å². The van der Waals surface area contributed by atoms with E-state index in [0.717, 1.165) is 6.42 Å². The van der Waals surface area contributed by atoms with Crippen molar-refractivity contribution in [2.24, 2.45) is 11.7 Å². The van der Waals surface area contributed by atoms with Crippen LogP contribution in [0.1, 0.15) is 23.3 Å². The van der Waals surface area contributed by atoms with Crippen molar-refractivity contribution in [3.63, 3.8) is 0 Å². The molecule has 1 aliphatic rings. The van der Waals surface area contributed by atoms with Gasteiger partial charge in [-0.2, -0.15) is 0 Å². The van der Waals surface area contributed by atoms with E-state index in [-0.39, 0.29) is 30.0 Å². The fourth-order valence-corrected chi connectivity index (χ4v) is 2.25. The van der Waals surface area contributed by atoms with Gasteiger partial charge in [-0.3, -0.25) is 9.59 Å². The predicted molar refractivity (Wildman–Crippen MR) is 69.9 cm³/mol. The van der Waals surface area contributed by atoms with E-state index >= 15 is 0 Å². The number of hydrogen-bond acceptors (Lipinski definition) is 6. The van der Waals surface area contributed by atoms with Crippen LogP contribution in [0.25, 0.3) is 0 Å². The number of likely N-dealkylation sites (tertiary alicyclic amines) is 1. The first kappa shape index (κ1) is 14.9.